The van der Waals surface area contributed by atoms with Gasteiger partial charge in [-0.05, 0) is 56.3 Å². The van der Waals surface area contributed by atoms with Gasteiger partial charge in [0.1, 0.15) is 0 Å². The zero-order valence-electron chi connectivity index (χ0n) is 11.2. The molecule has 98 valence electrons. The maximum atomic E-state index is 3.59. The van der Waals surface area contributed by atoms with Gasteiger partial charge in [-0.2, -0.15) is 0 Å². The van der Waals surface area contributed by atoms with Crippen molar-refractivity contribution < 1.29 is 0 Å². The number of nitrogens with zero attached hydrogens (tertiary/aromatic N) is 1. The lowest BCUT2D eigenvalue weighted by atomic mass is 9.99. The topological polar surface area (TPSA) is 15.3 Å². The first-order chi connectivity index (χ1) is 8.92. The van der Waals surface area contributed by atoms with Gasteiger partial charge in [0.15, 0.2) is 0 Å². The van der Waals surface area contributed by atoms with Gasteiger partial charge in [-0.25, -0.2) is 0 Å². The molecule has 1 unspecified atom stereocenters. The first kappa shape index (κ1) is 12.2. The minimum atomic E-state index is 0.807. The normalized spacial score (nSPS) is 24.1. The SMILES string of the molecule is c1ccc2c(c1)CCN(CCCC1CCCN1)C2. The van der Waals surface area contributed by atoms with E-state index in [1.807, 2.05) is 0 Å². The van der Waals surface area contributed by atoms with E-state index < -0.39 is 0 Å². The maximum Gasteiger partial charge on any atom is 0.0236 e. The molecule has 18 heavy (non-hydrogen) atoms. The Balaban J connectivity index is 1.44. The molecule has 0 aromatic heterocycles. The summed E-state index contributed by atoms with van der Waals surface area (Å²) in [6.07, 6.45) is 6.71. The molecule has 1 aromatic rings. The monoisotopic (exact) mass is 244 g/mol. The van der Waals surface area contributed by atoms with Crippen LogP contribution in [0.25, 0.3) is 0 Å². The molecule has 0 radical (unpaired) electrons. The van der Waals surface area contributed by atoms with E-state index in [0.717, 1.165) is 12.6 Å². The third-order valence-corrected chi connectivity index (χ3v) is 4.40. The molecule has 2 nitrogen and oxygen atoms in total. The molecule has 0 amide bonds. The van der Waals surface area contributed by atoms with E-state index in [4.69, 9.17) is 0 Å². The number of nitrogens with one attached hydrogen (secondary N) is 1. The highest BCUT2D eigenvalue weighted by Gasteiger charge is 2.17. The summed E-state index contributed by atoms with van der Waals surface area (Å²) in [6.45, 7) is 4.91. The summed E-state index contributed by atoms with van der Waals surface area (Å²) in [5, 5.41) is 3.59. The van der Waals surface area contributed by atoms with Gasteiger partial charge < -0.3 is 5.32 Å². The highest BCUT2D eigenvalue weighted by Crippen LogP contribution is 2.19. The quantitative estimate of drug-likeness (QED) is 0.876. The van der Waals surface area contributed by atoms with Crippen molar-refractivity contribution in [3.05, 3.63) is 35.4 Å². The maximum absolute atomic E-state index is 3.59. The molecule has 0 saturated carbocycles. The predicted octanol–water partition coefficient (Wildman–Crippen LogP) is 2.58. The Kier molecular flexibility index (Phi) is 3.96. The molecule has 0 spiro atoms. The van der Waals surface area contributed by atoms with Crippen molar-refractivity contribution in [2.75, 3.05) is 19.6 Å². The van der Waals surface area contributed by atoms with E-state index in [2.05, 4.69) is 34.5 Å². The Labute approximate surface area is 110 Å². The van der Waals surface area contributed by atoms with Crippen LogP contribution in [0.1, 0.15) is 36.8 Å². The van der Waals surface area contributed by atoms with Crippen molar-refractivity contribution >= 4 is 0 Å². The van der Waals surface area contributed by atoms with E-state index in [9.17, 15) is 0 Å². The Hall–Kier alpha value is -0.860. The van der Waals surface area contributed by atoms with Gasteiger partial charge >= 0.3 is 0 Å². The van der Waals surface area contributed by atoms with Crippen LogP contribution in [0.2, 0.25) is 0 Å². The average Bonchev–Trinajstić information content (AvgIpc) is 2.92. The lowest BCUT2D eigenvalue weighted by Crippen LogP contribution is -2.32. The lowest BCUT2D eigenvalue weighted by Gasteiger charge is -2.29. The van der Waals surface area contributed by atoms with E-state index in [1.54, 1.807) is 11.1 Å². The molecule has 2 aliphatic rings. The number of rotatable bonds is 4. The summed E-state index contributed by atoms with van der Waals surface area (Å²) in [4.78, 5) is 2.62. The molecule has 1 saturated heterocycles. The third-order valence-electron chi connectivity index (χ3n) is 4.40. The second-order valence-corrected chi connectivity index (χ2v) is 5.73. The van der Waals surface area contributed by atoms with Crippen molar-refractivity contribution in [3.63, 3.8) is 0 Å². The zero-order valence-corrected chi connectivity index (χ0v) is 11.2. The average molecular weight is 244 g/mol. The number of benzene rings is 1. The summed E-state index contributed by atoms with van der Waals surface area (Å²) in [6, 6.07) is 9.72. The van der Waals surface area contributed by atoms with Gasteiger partial charge in [-0.3, -0.25) is 4.90 Å². The van der Waals surface area contributed by atoms with Crippen molar-refractivity contribution in [2.24, 2.45) is 0 Å². The largest absolute Gasteiger partial charge is 0.314 e. The van der Waals surface area contributed by atoms with Crippen LogP contribution in [-0.4, -0.2) is 30.6 Å². The molecule has 3 rings (SSSR count). The molecule has 2 heteroatoms. The highest BCUT2D eigenvalue weighted by molar-refractivity contribution is 5.28. The summed E-state index contributed by atoms with van der Waals surface area (Å²) >= 11 is 0. The van der Waals surface area contributed by atoms with Crippen LogP contribution in [0.4, 0.5) is 0 Å². The van der Waals surface area contributed by atoms with E-state index in [0.29, 0.717) is 0 Å². The molecule has 0 bridgehead atoms. The highest BCUT2D eigenvalue weighted by atomic mass is 15.1. The van der Waals surface area contributed by atoms with Crippen molar-refractivity contribution in [3.8, 4) is 0 Å². The molecule has 1 atom stereocenters. The van der Waals surface area contributed by atoms with Gasteiger partial charge in [0, 0.05) is 19.1 Å². The van der Waals surface area contributed by atoms with Gasteiger partial charge in [-0.1, -0.05) is 24.3 Å². The van der Waals surface area contributed by atoms with E-state index >= 15 is 0 Å². The molecule has 0 aliphatic carbocycles. The van der Waals surface area contributed by atoms with Crippen molar-refractivity contribution in [2.45, 2.75) is 44.7 Å². The summed E-state index contributed by atoms with van der Waals surface area (Å²) < 4.78 is 0. The fourth-order valence-corrected chi connectivity index (χ4v) is 3.31. The Morgan fingerprint density at radius 2 is 2.11 bits per heavy atom. The fraction of sp³-hybridized carbons (Fsp3) is 0.625. The second kappa shape index (κ2) is 5.85. The Bertz CT molecular complexity index is 382. The minimum Gasteiger partial charge on any atom is -0.314 e. The van der Waals surface area contributed by atoms with E-state index in [-0.39, 0.29) is 0 Å². The third kappa shape index (κ3) is 2.93. The molecule has 2 heterocycles. The predicted molar refractivity (Wildman–Crippen MR) is 75.7 cm³/mol. The van der Waals surface area contributed by atoms with Crippen LogP contribution in [0.5, 0.6) is 0 Å². The minimum absolute atomic E-state index is 0.807. The standard InChI is InChI=1S/C16H24N2/c1-2-6-15-13-18(12-9-14(15)5-1)11-4-8-16-7-3-10-17-16/h1-2,5-6,16-17H,3-4,7-13H2. The van der Waals surface area contributed by atoms with Crippen molar-refractivity contribution in [1.82, 2.24) is 10.2 Å². The van der Waals surface area contributed by atoms with Crippen LogP contribution in [-0.2, 0) is 13.0 Å². The Morgan fingerprint density at radius 3 is 2.94 bits per heavy atom. The van der Waals surface area contributed by atoms with Crippen LogP contribution >= 0.6 is 0 Å². The van der Waals surface area contributed by atoms with Crippen LogP contribution in [0.15, 0.2) is 24.3 Å². The van der Waals surface area contributed by atoms with Gasteiger partial charge in [0.05, 0.1) is 0 Å². The second-order valence-electron chi connectivity index (χ2n) is 5.73. The molecule has 1 N–H and O–H groups in total. The van der Waals surface area contributed by atoms with Crippen LogP contribution < -0.4 is 5.32 Å². The molecule has 2 aliphatic heterocycles. The molecule has 1 aromatic carbocycles. The number of fused-ring (bicyclic) bond motifs is 1. The Morgan fingerprint density at radius 1 is 1.22 bits per heavy atom. The van der Waals surface area contributed by atoms with Gasteiger partial charge in [0.2, 0.25) is 0 Å². The van der Waals surface area contributed by atoms with Crippen LogP contribution in [0, 0.1) is 0 Å². The van der Waals surface area contributed by atoms with Crippen LogP contribution in [0.3, 0.4) is 0 Å². The van der Waals surface area contributed by atoms with E-state index in [1.165, 1.54) is 51.7 Å². The summed E-state index contributed by atoms with van der Waals surface area (Å²) in [5.41, 5.74) is 3.11. The van der Waals surface area contributed by atoms with Crippen molar-refractivity contribution in [1.29, 1.82) is 0 Å². The summed E-state index contributed by atoms with van der Waals surface area (Å²) in [5.74, 6) is 0. The van der Waals surface area contributed by atoms with Gasteiger partial charge in [0.25, 0.3) is 0 Å². The first-order valence-electron chi connectivity index (χ1n) is 7.44. The molecular weight excluding hydrogens is 220 g/mol. The summed E-state index contributed by atoms with van der Waals surface area (Å²) in [7, 11) is 0. The fourth-order valence-electron chi connectivity index (χ4n) is 3.31. The number of hydrogen-bond acceptors (Lipinski definition) is 2. The lowest BCUT2D eigenvalue weighted by molar-refractivity contribution is 0.245. The molecular formula is C16H24N2. The van der Waals surface area contributed by atoms with Gasteiger partial charge in [-0.15, -0.1) is 0 Å². The zero-order chi connectivity index (χ0) is 12.2. The number of hydrogen-bond donors (Lipinski definition) is 1. The smallest absolute Gasteiger partial charge is 0.0236 e. The first-order valence-corrected chi connectivity index (χ1v) is 7.44. The molecule has 1 fully saturated rings.